The van der Waals surface area contributed by atoms with E-state index in [-0.39, 0.29) is 17.9 Å². The van der Waals surface area contributed by atoms with Crippen LogP contribution in [0.15, 0.2) is 18.2 Å². The Hall–Kier alpha value is -2.24. The van der Waals surface area contributed by atoms with Gasteiger partial charge in [0, 0.05) is 6.54 Å². The molecular weight excluding hydrogens is 250 g/mol. The van der Waals surface area contributed by atoms with E-state index >= 15 is 0 Å². The number of aliphatic carboxylic acids is 1. The molecule has 1 aliphatic rings. The van der Waals surface area contributed by atoms with Crippen LogP contribution in [0, 0.1) is 5.41 Å². The first-order chi connectivity index (χ1) is 8.96. The van der Waals surface area contributed by atoms with Crippen molar-refractivity contribution in [3.8, 4) is 11.5 Å². The fourth-order valence-electron chi connectivity index (χ4n) is 2.13. The van der Waals surface area contributed by atoms with Crippen molar-refractivity contribution in [2.24, 2.45) is 5.41 Å². The Bertz CT molecular complexity index is 522. The third kappa shape index (κ3) is 2.33. The number of benzene rings is 1. The highest BCUT2D eigenvalue weighted by Gasteiger charge is 2.44. The van der Waals surface area contributed by atoms with Gasteiger partial charge in [0.25, 0.3) is 5.91 Å². The lowest BCUT2D eigenvalue weighted by Gasteiger charge is -2.37. The molecule has 4 N–H and O–H groups in total. The van der Waals surface area contributed by atoms with Crippen LogP contribution in [0.1, 0.15) is 29.6 Å². The number of para-hydroxylation sites is 1. The van der Waals surface area contributed by atoms with Gasteiger partial charge in [0.2, 0.25) is 0 Å². The Morgan fingerprint density at radius 1 is 1.26 bits per heavy atom. The summed E-state index contributed by atoms with van der Waals surface area (Å²) in [5.74, 6) is -2.40. The van der Waals surface area contributed by atoms with Gasteiger partial charge in [-0.1, -0.05) is 12.5 Å². The Balaban J connectivity index is 2.06. The lowest BCUT2D eigenvalue weighted by Crippen LogP contribution is -2.47. The van der Waals surface area contributed by atoms with E-state index in [4.69, 9.17) is 5.11 Å². The van der Waals surface area contributed by atoms with Gasteiger partial charge in [0.05, 0.1) is 11.0 Å². The molecule has 1 fully saturated rings. The number of rotatable bonds is 4. The second-order valence-electron chi connectivity index (χ2n) is 4.80. The SMILES string of the molecule is O=C(NCC1(C(=O)O)CCC1)c1cccc(O)c1O. The van der Waals surface area contributed by atoms with Crippen molar-refractivity contribution in [2.45, 2.75) is 19.3 Å². The minimum absolute atomic E-state index is 0.0241. The molecule has 19 heavy (non-hydrogen) atoms. The maximum absolute atomic E-state index is 11.9. The number of carbonyl (C=O) groups is 2. The van der Waals surface area contributed by atoms with Gasteiger partial charge in [0.1, 0.15) is 0 Å². The number of aromatic hydroxyl groups is 2. The van der Waals surface area contributed by atoms with Crippen LogP contribution in [0.5, 0.6) is 11.5 Å². The summed E-state index contributed by atoms with van der Waals surface area (Å²) in [5.41, 5.74) is -0.956. The minimum atomic E-state index is -0.917. The molecule has 102 valence electrons. The van der Waals surface area contributed by atoms with E-state index in [9.17, 15) is 19.8 Å². The molecule has 1 aromatic rings. The molecule has 1 aromatic carbocycles. The summed E-state index contributed by atoms with van der Waals surface area (Å²) in [6.07, 6.45) is 1.91. The first-order valence-corrected chi connectivity index (χ1v) is 5.99. The molecule has 0 radical (unpaired) electrons. The summed E-state index contributed by atoms with van der Waals surface area (Å²) in [6, 6.07) is 4.05. The lowest BCUT2D eigenvalue weighted by molar-refractivity contribution is -0.153. The molecule has 0 unspecified atom stereocenters. The average molecular weight is 265 g/mol. The zero-order chi connectivity index (χ0) is 14.0. The summed E-state index contributed by atoms with van der Waals surface area (Å²) in [5, 5.41) is 30.5. The van der Waals surface area contributed by atoms with Crippen LogP contribution < -0.4 is 5.32 Å². The van der Waals surface area contributed by atoms with E-state index in [0.717, 1.165) is 6.42 Å². The molecule has 0 atom stereocenters. The van der Waals surface area contributed by atoms with Crippen molar-refractivity contribution in [1.82, 2.24) is 5.32 Å². The van der Waals surface area contributed by atoms with E-state index < -0.39 is 23.0 Å². The highest BCUT2D eigenvalue weighted by molar-refractivity contribution is 5.97. The summed E-state index contributed by atoms with van der Waals surface area (Å²) in [4.78, 5) is 23.0. The topological polar surface area (TPSA) is 107 Å². The number of carbonyl (C=O) groups excluding carboxylic acids is 1. The van der Waals surface area contributed by atoms with Crippen LogP contribution in [-0.4, -0.2) is 33.7 Å². The van der Waals surface area contributed by atoms with Crippen molar-refractivity contribution >= 4 is 11.9 Å². The van der Waals surface area contributed by atoms with Gasteiger partial charge in [0.15, 0.2) is 11.5 Å². The monoisotopic (exact) mass is 265 g/mol. The van der Waals surface area contributed by atoms with Crippen molar-refractivity contribution in [3.05, 3.63) is 23.8 Å². The van der Waals surface area contributed by atoms with Crippen molar-refractivity contribution < 1.29 is 24.9 Å². The van der Waals surface area contributed by atoms with Gasteiger partial charge in [-0.3, -0.25) is 9.59 Å². The second kappa shape index (κ2) is 4.79. The van der Waals surface area contributed by atoms with Gasteiger partial charge in [-0.15, -0.1) is 0 Å². The predicted octanol–water partition coefficient (Wildman–Crippen LogP) is 1.08. The normalized spacial score (nSPS) is 16.4. The first-order valence-electron chi connectivity index (χ1n) is 5.99. The molecule has 0 aromatic heterocycles. The number of amides is 1. The molecule has 0 bridgehead atoms. The fourth-order valence-corrected chi connectivity index (χ4v) is 2.13. The Labute approximate surface area is 109 Å². The van der Waals surface area contributed by atoms with Crippen LogP contribution >= 0.6 is 0 Å². The number of hydrogen-bond acceptors (Lipinski definition) is 4. The summed E-state index contributed by atoms with van der Waals surface area (Å²) in [6.45, 7) is 0.0241. The lowest BCUT2D eigenvalue weighted by atomic mass is 9.69. The first kappa shape index (κ1) is 13.2. The van der Waals surface area contributed by atoms with Crippen LogP contribution in [-0.2, 0) is 4.79 Å². The van der Waals surface area contributed by atoms with Crippen LogP contribution in [0.2, 0.25) is 0 Å². The summed E-state index contributed by atoms with van der Waals surface area (Å²) < 4.78 is 0. The number of phenolic OH excluding ortho intramolecular Hbond substituents is 2. The maximum Gasteiger partial charge on any atom is 0.311 e. The third-order valence-corrected chi connectivity index (χ3v) is 3.61. The molecule has 0 saturated heterocycles. The largest absolute Gasteiger partial charge is 0.504 e. The molecule has 2 rings (SSSR count). The minimum Gasteiger partial charge on any atom is -0.504 e. The zero-order valence-corrected chi connectivity index (χ0v) is 10.2. The van der Waals surface area contributed by atoms with E-state index in [0.29, 0.717) is 12.8 Å². The highest BCUT2D eigenvalue weighted by Crippen LogP contribution is 2.40. The number of hydrogen-bond donors (Lipinski definition) is 4. The smallest absolute Gasteiger partial charge is 0.311 e. The van der Waals surface area contributed by atoms with Gasteiger partial charge >= 0.3 is 5.97 Å². The predicted molar refractivity (Wildman–Crippen MR) is 66.0 cm³/mol. The summed E-state index contributed by atoms with van der Waals surface area (Å²) in [7, 11) is 0. The number of carboxylic acids is 1. The van der Waals surface area contributed by atoms with Crippen LogP contribution in [0.3, 0.4) is 0 Å². The standard InChI is InChI=1S/C13H15NO5/c15-9-4-1-3-8(10(9)16)11(17)14-7-13(12(18)19)5-2-6-13/h1,3-4,15-16H,2,5-7H2,(H,14,17)(H,18,19). The zero-order valence-electron chi connectivity index (χ0n) is 10.2. The number of phenols is 2. The van der Waals surface area contributed by atoms with E-state index in [1.165, 1.54) is 18.2 Å². The highest BCUT2D eigenvalue weighted by atomic mass is 16.4. The molecule has 0 aliphatic heterocycles. The molecule has 6 nitrogen and oxygen atoms in total. The average Bonchev–Trinajstić information content (AvgIpc) is 2.30. The molecule has 1 amide bonds. The number of carboxylic acid groups (broad SMARTS) is 1. The van der Waals surface area contributed by atoms with Crippen molar-refractivity contribution in [1.29, 1.82) is 0 Å². The van der Waals surface area contributed by atoms with E-state index in [2.05, 4.69) is 5.32 Å². The Kier molecular flexibility index (Phi) is 3.33. The molecule has 0 spiro atoms. The van der Waals surface area contributed by atoms with Crippen LogP contribution in [0.25, 0.3) is 0 Å². The van der Waals surface area contributed by atoms with E-state index in [1.807, 2.05) is 0 Å². The fraction of sp³-hybridized carbons (Fsp3) is 0.385. The van der Waals surface area contributed by atoms with E-state index in [1.54, 1.807) is 0 Å². The van der Waals surface area contributed by atoms with Gasteiger partial charge in [-0.05, 0) is 25.0 Å². The van der Waals surface area contributed by atoms with Crippen molar-refractivity contribution in [2.75, 3.05) is 6.54 Å². The number of nitrogens with one attached hydrogen (secondary N) is 1. The molecule has 6 heteroatoms. The van der Waals surface area contributed by atoms with Crippen LogP contribution in [0.4, 0.5) is 0 Å². The van der Waals surface area contributed by atoms with Gasteiger partial charge in [-0.25, -0.2) is 0 Å². The summed E-state index contributed by atoms with van der Waals surface area (Å²) >= 11 is 0. The van der Waals surface area contributed by atoms with Gasteiger partial charge < -0.3 is 20.6 Å². The van der Waals surface area contributed by atoms with Gasteiger partial charge in [-0.2, -0.15) is 0 Å². The second-order valence-corrected chi connectivity index (χ2v) is 4.80. The third-order valence-electron chi connectivity index (χ3n) is 3.61. The Morgan fingerprint density at radius 3 is 2.47 bits per heavy atom. The molecule has 1 aliphatic carbocycles. The molecular formula is C13H15NO5. The maximum atomic E-state index is 11.9. The Morgan fingerprint density at radius 2 is 1.95 bits per heavy atom. The quantitative estimate of drug-likeness (QED) is 0.609. The molecule has 0 heterocycles. The van der Waals surface area contributed by atoms with Crippen molar-refractivity contribution in [3.63, 3.8) is 0 Å². The molecule has 1 saturated carbocycles.